The number of hydrogen-bond acceptors (Lipinski definition) is 2. The van der Waals surface area contributed by atoms with E-state index in [0.717, 1.165) is 51.4 Å². The van der Waals surface area contributed by atoms with Crippen molar-refractivity contribution < 1.29 is 15.0 Å². The Morgan fingerprint density at radius 3 is 2.21 bits per heavy atom. The lowest BCUT2D eigenvalue weighted by atomic mass is 9.90. The van der Waals surface area contributed by atoms with Crippen LogP contribution in [0.2, 0.25) is 0 Å². The van der Waals surface area contributed by atoms with Gasteiger partial charge < -0.3 is 10.2 Å². The number of carbonyl (C=O) groups is 1. The largest absolute Gasteiger partial charge is 0.481 e. The quantitative estimate of drug-likeness (QED) is 0.591. The third-order valence-corrected chi connectivity index (χ3v) is 3.96. The molecule has 3 atom stereocenters. The number of hydrogen-bond donors (Lipinski definition) is 2. The first-order valence-electron chi connectivity index (χ1n) is 7.73. The van der Waals surface area contributed by atoms with Crippen LogP contribution >= 0.6 is 0 Å². The molecule has 0 rings (SSSR count). The van der Waals surface area contributed by atoms with Gasteiger partial charge in [-0.25, -0.2) is 0 Å². The van der Waals surface area contributed by atoms with Crippen molar-refractivity contribution in [2.75, 3.05) is 0 Å². The maximum absolute atomic E-state index is 10.7. The van der Waals surface area contributed by atoms with E-state index in [1.807, 2.05) is 6.92 Å². The summed E-state index contributed by atoms with van der Waals surface area (Å²) in [7, 11) is 0. The zero-order valence-electron chi connectivity index (χ0n) is 13.1. The molecule has 0 aromatic carbocycles. The molecule has 114 valence electrons. The molecule has 0 aromatic rings. The molecule has 0 spiro atoms. The van der Waals surface area contributed by atoms with Gasteiger partial charge in [-0.3, -0.25) is 4.79 Å². The summed E-state index contributed by atoms with van der Waals surface area (Å²) in [5, 5.41) is 18.9. The highest BCUT2D eigenvalue weighted by Gasteiger charge is 2.18. The average molecular weight is 272 g/mol. The summed E-state index contributed by atoms with van der Waals surface area (Å²) in [5.41, 5.74) is -0.508. The molecule has 0 saturated heterocycles. The Bertz CT molecular complexity index is 248. The fraction of sp³-hybridized carbons (Fsp3) is 0.938. The molecule has 0 bridgehead atoms. The minimum atomic E-state index is -0.691. The fourth-order valence-corrected chi connectivity index (χ4v) is 2.54. The number of aliphatic carboxylic acids is 1. The molecule has 0 radical (unpaired) electrons. The monoisotopic (exact) mass is 272 g/mol. The maximum atomic E-state index is 10.7. The Morgan fingerprint density at radius 2 is 1.68 bits per heavy atom. The van der Waals surface area contributed by atoms with E-state index in [2.05, 4.69) is 13.8 Å². The Balaban J connectivity index is 3.65. The van der Waals surface area contributed by atoms with Gasteiger partial charge in [0.2, 0.25) is 0 Å². The van der Waals surface area contributed by atoms with E-state index < -0.39 is 11.6 Å². The molecule has 0 amide bonds. The van der Waals surface area contributed by atoms with Crippen LogP contribution in [-0.4, -0.2) is 21.8 Å². The van der Waals surface area contributed by atoms with Crippen LogP contribution in [-0.2, 0) is 4.79 Å². The van der Waals surface area contributed by atoms with Crippen molar-refractivity contribution in [1.82, 2.24) is 0 Å². The molecule has 0 aliphatic carbocycles. The van der Waals surface area contributed by atoms with E-state index in [1.54, 1.807) is 6.92 Å². The lowest BCUT2D eigenvalue weighted by Crippen LogP contribution is -2.23. The second kappa shape index (κ2) is 9.35. The lowest BCUT2D eigenvalue weighted by molar-refractivity contribution is -0.141. The standard InChI is InChI=1S/C16H32O3/c1-5-11-16(4,19)12-7-9-13(2)8-6-10-14(3)15(17)18/h13-14,19H,5-12H2,1-4H3,(H,17,18). The third kappa shape index (κ3) is 9.94. The van der Waals surface area contributed by atoms with Crippen LogP contribution in [0.4, 0.5) is 0 Å². The minimum absolute atomic E-state index is 0.225. The summed E-state index contributed by atoms with van der Waals surface area (Å²) in [5.74, 6) is -0.292. The van der Waals surface area contributed by atoms with E-state index >= 15 is 0 Å². The summed E-state index contributed by atoms with van der Waals surface area (Å²) in [6, 6.07) is 0. The highest BCUT2D eigenvalue weighted by atomic mass is 16.4. The molecule has 3 unspecified atom stereocenters. The Labute approximate surface area is 118 Å². The zero-order valence-corrected chi connectivity index (χ0v) is 13.1. The van der Waals surface area contributed by atoms with Gasteiger partial charge in [-0.15, -0.1) is 0 Å². The summed E-state index contributed by atoms with van der Waals surface area (Å²) >= 11 is 0. The molecular formula is C16H32O3. The van der Waals surface area contributed by atoms with Crippen molar-refractivity contribution in [2.45, 2.75) is 84.7 Å². The first kappa shape index (κ1) is 18.4. The van der Waals surface area contributed by atoms with Crippen molar-refractivity contribution >= 4 is 5.97 Å². The van der Waals surface area contributed by atoms with E-state index in [9.17, 15) is 9.90 Å². The van der Waals surface area contributed by atoms with Gasteiger partial charge in [0.15, 0.2) is 0 Å². The fourth-order valence-electron chi connectivity index (χ4n) is 2.54. The molecule has 19 heavy (non-hydrogen) atoms. The summed E-state index contributed by atoms with van der Waals surface area (Å²) < 4.78 is 0. The van der Waals surface area contributed by atoms with Crippen molar-refractivity contribution in [3.05, 3.63) is 0 Å². The maximum Gasteiger partial charge on any atom is 0.306 e. The molecule has 0 fully saturated rings. The molecular weight excluding hydrogens is 240 g/mol. The zero-order chi connectivity index (χ0) is 14.9. The topological polar surface area (TPSA) is 57.5 Å². The van der Waals surface area contributed by atoms with E-state index in [4.69, 9.17) is 5.11 Å². The van der Waals surface area contributed by atoms with Crippen molar-refractivity contribution in [2.24, 2.45) is 11.8 Å². The molecule has 0 saturated carbocycles. The highest BCUT2D eigenvalue weighted by molar-refractivity contribution is 5.69. The van der Waals surface area contributed by atoms with Crippen LogP contribution in [0.3, 0.4) is 0 Å². The molecule has 0 heterocycles. The predicted octanol–water partition coefficient (Wildman–Crippen LogP) is 4.23. The minimum Gasteiger partial charge on any atom is -0.481 e. The number of carboxylic acid groups (broad SMARTS) is 1. The first-order valence-corrected chi connectivity index (χ1v) is 7.73. The number of aliphatic hydroxyl groups is 1. The number of carboxylic acids is 1. The van der Waals surface area contributed by atoms with Crippen LogP contribution in [0.5, 0.6) is 0 Å². The smallest absolute Gasteiger partial charge is 0.306 e. The number of rotatable bonds is 11. The summed E-state index contributed by atoms with van der Waals surface area (Å²) in [6.07, 6.45) is 7.80. The molecule has 2 N–H and O–H groups in total. The predicted molar refractivity (Wildman–Crippen MR) is 79.2 cm³/mol. The van der Waals surface area contributed by atoms with Gasteiger partial charge in [0.05, 0.1) is 11.5 Å². The van der Waals surface area contributed by atoms with Gasteiger partial charge in [0.1, 0.15) is 0 Å². The summed E-state index contributed by atoms with van der Waals surface area (Å²) in [6.45, 7) is 8.02. The van der Waals surface area contributed by atoms with Gasteiger partial charge >= 0.3 is 5.97 Å². The Morgan fingerprint density at radius 1 is 1.11 bits per heavy atom. The molecule has 0 aliphatic heterocycles. The third-order valence-electron chi connectivity index (χ3n) is 3.96. The lowest BCUT2D eigenvalue weighted by Gasteiger charge is -2.23. The van der Waals surface area contributed by atoms with E-state index in [0.29, 0.717) is 5.92 Å². The SMILES string of the molecule is CCCC(C)(O)CCCC(C)CCCC(C)C(=O)O. The second-order valence-electron chi connectivity index (χ2n) is 6.41. The van der Waals surface area contributed by atoms with Gasteiger partial charge in [-0.2, -0.15) is 0 Å². The van der Waals surface area contributed by atoms with Crippen LogP contribution in [0.1, 0.15) is 79.1 Å². The van der Waals surface area contributed by atoms with E-state index in [-0.39, 0.29) is 5.92 Å². The van der Waals surface area contributed by atoms with Gasteiger partial charge in [0, 0.05) is 0 Å². The van der Waals surface area contributed by atoms with Gasteiger partial charge in [0.25, 0.3) is 0 Å². The van der Waals surface area contributed by atoms with Gasteiger partial charge in [-0.05, 0) is 32.1 Å². The van der Waals surface area contributed by atoms with Gasteiger partial charge in [-0.1, -0.05) is 52.9 Å². The molecule has 0 aromatic heterocycles. The average Bonchev–Trinajstić information content (AvgIpc) is 2.28. The van der Waals surface area contributed by atoms with Crippen molar-refractivity contribution in [3.63, 3.8) is 0 Å². The van der Waals surface area contributed by atoms with Crippen LogP contribution < -0.4 is 0 Å². The van der Waals surface area contributed by atoms with Crippen LogP contribution in [0.15, 0.2) is 0 Å². The normalized spacial score (nSPS) is 17.7. The first-order chi connectivity index (χ1) is 8.78. The van der Waals surface area contributed by atoms with Crippen LogP contribution in [0.25, 0.3) is 0 Å². The molecule has 3 nitrogen and oxygen atoms in total. The highest BCUT2D eigenvalue weighted by Crippen LogP contribution is 2.23. The van der Waals surface area contributed by atoms with Crippen molar-refractivity contribution in [3.8, 4) is 0 Å². The van der Waals surface area contributed by atoms with Crippen molar-refractivity contribution in [1.29, 1.82) is 0 Å². The van der Waals surface area contributed by atoms with E-state index in [1.165, 1.54) is 0 Å². The Hall–Kier alpha value is -0.570. The summed E-state index contributed by atoms with van der Waals surface area (Å²) in [4.78, 5) is 10.7. The Kier molecular flexibility index (Phi) is 9.07. The molecule has 0 aliphatic rings. The second-order valence-corrected chi connectivity index (χ2v) is 6.41. The van der Waals surface area contributed by atoms with Crippen LogP contribution in [0, 0.1) is 11.8 Å². The molecule has 3 heteroatoms.